The highest BCUT2D eigenvalue weighted by Gasteiger charge is 2.06. The van der Waals surface area contributed by atoms with E-state index in [4.69, 9.17) is 4.74 Å². The van der Waals surface area contributed by atoms with E-state index in [1.165, 1.54) is 0 Å². The maximum atomic E-state index is 9.91. The summed E-state index contributed by atoms with van der Waals surface area (Å²) in [6.45, 7) is 3.38. The molecule has 5 heteroatoms. The zero-order valence-electron chi connectivity index (χ0n) is 11.9. The topological polar surface area (TPSA) is 54.4 Å². The molecule has 2 aromatic rings. The van der Waals surface area contributed by atoms with Crippen molar-refractivity contribution in [3.8, 4) is 5.75 Å². The fourth-order valence-corrected chi connectivity index (χ4v) is 2.25. The number of pyridine rings is 1. The van der Waals surface area contributed by atoms with Crippen LogP contribution in [0.2, 0.25) is 0 Å². The highest BCUT2D eigenvalue weighted by molar-refractivity contribution is 9.10. The lowest BCUT2D eigenvalue weighted by molar-refractivity contribution is 0.106. The Morgan fingerprint density at radius 3 is 2.95 bits per heavy atom. The third-order valence-electron chi connectivity index (χ3n) is 3.03. The smallest absolute Gasteiger partial charge is 0.120 e. The number of aromatic nitrogens is 1. The Morgan fingerprint density at radius 2 is 2.19 bits per heavy atom. The lowest BCUT2D eigenvalue weighted by Crippen LogP contribution is -2.31. The number of aliphatic hydroxyl groups is 1. The van der Waals surface area contributed by atoms with Crippen molar-refractivity contribution in [1.29, 1.82) is 0 Å². The molecule has 0 bridgehead atoms. The predicted octanol–water partition coefficient (Wildman–Crippen LogP) is 2.68. The summed E-state index contributed by atoms with van der Waals surface area (Å²) >= 11 is 3.38. The van der Waals surface area contributed by atoms with Gasteiger partial charge in [-0.2, -0.15) is 0 Å². The van der Waals surface area contributed by atoms with E-state index in [-0.39, 0.29) is 6.61 Å². The summed E-state index contributed by atoms with van der Waals surface area (Å²) in [5.41, 5.74) is 2.14. The van der Waals surface area contributed by atoms with Crippen molar-refractivity contribution >= 4 is 15.9 Å². The van der Waals surface area contributed by atoms with E-state index in [1.54, 1.807) is 6.20 Å². The van der Waals surface area contributed by atoms with Crippen LogP contribution in [0.5, 0.6) is 5.75 Å². The molecule has 0 aliphatic rings. The number of hydrogen-bond acceptors (Lipinski definition) is 4. The van der Waals surface area contributed by atoms with Gasteiger partial charge < -0.3 is 15.2 Å². The molecule has 112 valence electrons. The van der Waals surface area contributed by atoms with Gasteiger partial charge in [0.15, 0.2) is 0 Å². The normalized spacial score (nSPS) is 12.1. The summed E-state index contributed by atoms with van der Waals surface area (Å²) in [5.74, 6) is 0.740. The van der Waals surface area contributed by atoms with Crippen LogP contribution in [-0.4, -0.2) is 29.3 Å². The molecule has 1 aromatic heterocycles. The highest BCUT2D eigenvalue weighted by atomic mass is 79.9. The van der Waals surface area contributed by atoms with Crippen LogP contribution in [0.1, 0.15) is 11.3 Å². The van der Waals surface area contributed by atoms with Crippen LogP contribution in [0.15, 0.2) is 47.1 Å². The van der Waals surface area contributed by atoms with Crippen molar-refractivity contribution in [2.45, 2.75) is 19.6 Å². The maximum absolute atomic E-state index is 9.91. The molecule has 1 aromatic carbocycles. The van der Waals surface area contributed by atoms with Gasteiger partial charge in [0, 0.05) is 23.8 Å². The van der Waals surface area contributed by atoms with Crippen LogP contribution < -0.4 is 10.1 Å². The fraction of sp³-hybridized carbons (Fsp3) is 0.312. The molecule has 4 nitrogen and oxygen atoms in total. The molecule has 0 aliphatic heterocycles. The van der Waals surface area contributed by atoms with Crippen LogP contribution in [0, 0.1) is 6.92 Å². The van der Waals surface area contributed by atoms with Gasteiger partial charge in [0.1, 0.15) is 18.5 Å². The van der Waals surface area contributed by atoms with Gasteiger partial charge in [0.2, 0.25) is 0 Å². The number of aryl methyl sites for hydroxylation is 1. The SMILES string of the molecule is Cc1cccnc1CNCC(O)COc1cccc(Br)c1. The van der Waals surface area contributed by atoms with Gasteiger partial charge in [-0.25, -0.2) is 0 Å². The second-order valence-corrected chi connectivity index (χ2v) is 5.74. The van der Waals surface area contributed by atoms with Gasteiger partial charge in [-0.05, 0) is 36.8 Å². The van der Waals surface area contributed by atoms with Crippen LogP contribution in [0.25, 0.3) is 0 Å². The Morgan fingerprint density at radius 1 is 1.33 bits per heavy atom. The van der Waals surface area contributed by atoms with E-state index in [1.807, 2.05) is 43.3 Å². The summed E-state index contributed by atoms with van der Waals surface area (Å²) in [6.07, 6.45) is 1.21. The summed E-state index contributed by atoms with van der Waals surface area (Å²) < 4.78 is 6.50. The van der Waals surface area contributed by atoms with Crippen molar-refractivity contribution in [3.63, 3.8) is 0 Å². The fourth-order valence-electron chi connectivity index (χ4n) is 1.87. The molecule has 1 heterocycles. The van der Waals surface area contributed by atoms with E-state index in [2.05, 4.69) is 26.2 Å². The number of nitrogens with zero attached hydrogens (tertiary/aromatic N) is 1. The number of rotatable bonds is 7. The van der Waals surface area contributed by atoms with E-state index >= 15 is 0 Å². The van der Waals surface area contributed by atoms with Gasteiger partial charge >= 0.3 is 0 Å². The van der Waals surface area contributed by atoms with Crippen molar-refractivity contribution in [2.24, 2.45) is 0 Å². The van der Waals surface area contributed by atoms with Crippen LogP contribution >= 0.6 is 15.9 Å². The van der Waals surface area contributed by atoms with Crippen molar-refractivity contribution in [2.75, 3.05) is 13.2 Å². The van der Waals surface area contributed by atoms with Gasteiger partial charge in [-0.15, -0.1) is 0 Å². The number of nitrogens with one attached hydrogen (secondary N) is 1. The molecular formula is C16H19BrN2O2. The summed E-state index contributed by atoms with van der Waals surface area (Å²) in [5, 5.41) is 13.1. The Bertz CT molecular complexity index is 578. The first-order chi connectivity index (χ1) is 10.1. The molecule has 0 saturated carbocycles. The second kappa shape index (κ2) is 8.12. The van der Waals surface area contributed by atoms with Crippen molar-refractivity contribution in [1.82, 2.24) is 10.3 Å². The minimum absolute atomic E-state index is 0.255. The molecule has 2 N–H and O–H groups in total. The molecule has 0 fully saturated rings. The zero-order chi connectivity index (χ0) is 15.1. The first-order valence-electron chi connectivity index (χ1n) is 6.83. The number of ether oxygens (including phenoxy) is 1. The lowest BCUT2D eigenvalue weighted by atomic mass is 10.2. The third kappa shape index (κ3) is 5.46. The molecule has 0 saturated heterocycles. The molecule has 0 aliphatic carbocycles. The number of aliphatic hydroxyl groups excluding tert-OH is 1. The minimum Gasteiger partial charge on any atom is -0.491 e. The molecule has 0 amide bonds. The average Bonchev–Trinajstić information content (AvgIpc) is 2.47. The Hall–Kier alpha value is -1.43. The van der Waals surface area contributed by atoms with Gasteiger partial charge in [-0.3, -0.25) is 4.98 Å². The van der Waals surface area contributed by atoms with Gasteiger partial charge in [0.05, 0.1) is 5.69 Å². The molecule has 0 radical (unpaired) electrons. The van der Waals surface area contributed by atoms with Crippen LogP contribution in [0.3, 0.4) is 0 Å². The molecule has 0 spiro atoms. The van der Waals surface area contributed by atoms with E-state index in [9.17, 15) is 5.11 Å². The van der Waals surface area contributed by atoms with Crippen LogP contribution in [0.4, 0.5) is 0 Å². The number of hydrogen-bond donors (Lipinski definition) is 2. The van der Waals surface area contributed by atoms with Crippen molar-refractivity contribution < 1.29 is 9.84 Å². The van der Waals surface area contributed by atoms with E-state index in [0.29, 0.717) is 13.1 Å². The number of benzene rings is 1. The first kappa shape index (κ1) is 15.9. The molecule has 21 heavy (non-hydrogen) atoms. The predicted molar refractivity (Wildman–Crippen MR) is 86.3 cm³/mol. The average molecular weight is 351 g/mol. The van der Waals surface area contributed by atoms with E-state index in [0.717, 1.165) is 21.5 Å². The molecule has 1 atom stereocenters. The number of halogens is 1. The molecule has 2 rings (SSSR count). The minimum atomic E-state index is -0.562. The Labute approximate surface area is 133 Å². The van der Waals surface area contributed by atoms with Gasteiger partial charge in [0.25, 0.3) is 0 Å². The standard InChI is InChI=1S/C16H19BrN2O2/c1-12-4-3-7-19-16(12)10-18-9-14(20)11-21-15-6-2-5-13(17)8-15/h2-8,14,18,20H,9-11H2,1H3. The van der Waals surface area contributed by atoms with Crippen molar-refractivity contribution in [3.05, 3.63) is 58.3 Å². The first-order valence-corrected chi connectivity index (χ1v) is 7.62. The van der Waals surface area contributed by atoms with E-state index < -0.39 is 6.10 Å². The monoisotopic (exact) mass is 350 g/mol. The zero-order valence-corrected chi connectivity index (χ0v) is 13.5. The summed E-state index contributed by atoms with van der Waals surface area (Å²) in [4.78, 5) is 4.30. The lowest BCUT2D eigenvalue weighted by Gasteiger charge is -2.13. The maximum Gasteiger partial charge on any atom is 0.120 e. The third-order valence-corrected chi connectivity index (χ3v) is 3.52. The second-order valence-electron chi connectivity index (χ2n) is 4.82. The van der Waals surface area contributed by atoms with Crippen LogP contribution in [-0.2, 0) is 6.54 Å². The Kier molecular flexibility index (Phi) is 6.17. The molecule has 1 unspecified atom stereocenters. The largest absolute Gasteiger partial charge is 0.491 e. The summed E-state index contributed by atoms with van der Waals surface area (Å²) in [6, 6.07) is 11.5. The quantitative estimate of drug-likeness (QED) is 0.805. The molecular weight excluding hydrogens is 332 g/mol. The summed E-state index contributed by atoms with van der Waals surface area (Å²) in [7, 11) is 0. The highest BCUT2D eigenvalue weighted by Crippen LogP contribution is 2.17. The Balaban J connectivity index is 1.70. The van der Waals surface area contributed by atoms with Gasteiger partial charge in [-0.1, -0.05) is 28.1 Å².